The fraction of sp³-hybridized carbons (Fsp3) is 0.533. The zero-order chi connectivity index (χ0) is 16.3. The Morgan fingerprint density at radius 3 is 2.64 bits per heavy atom. The number of hydrogen-bond donors (Lipinski definition) is 1. The van der Waals surface area contributed by atoms with E-state index in [1.165, 1.54) is 0 Å². The minimum atomic E-state index is -0.260. The number of amides is 1. The van der Waals surface area contributed by atoms with Crippen molar-refractivity contribution in [2.75, 3.05) is 0 Å². The molecule has 2 aromatic rings. The van der Waals surface area contributed by atoms with Gasteiger partial charge in [-0.3, -0.25) is 14.2 Å². The molecule has 0 bridgehead atoms. The Morgan fingerprint density at radius 1 is 1.41 bits per heavy atom. The Bertz CT molecular complexity index is 627. The normalized spacial score (nSPS) is 13.1. The van der Waals surface area contributed by atoms with Gasteiger partial charge in [0.1, 0.15) is 0 Å². The number of carbonyl (C=O) groups excluding carboxylic acids is 1. The highest BCUT2D eigenvalue weighted by Crippen LogP contribution is 2.22. The Labute approximate surface area is 135 Å². The molecule has 7 heteroatoms. The number of halogens is 1. The maximum absolute atomic E-state index is 12.5. The summed E-state index contributed by atoms with van der Waals surface area (Å²) in [5.74, 6) is -0.260. The van der Waals surface area contributed by atoms with Crippen molar-refractivity contribution in [3.8, 4) is 0 Å². The van der Waals surface area contributed by atoms with Gasteiger partial charge in [-0.25, -0.2) is 0 Å². The third-order valence-corrected chi connectivity index (χ3v) is 3.81. The third kappa shape index (κ3) is 3.88. The molecule has 0 aliphatic heterocycles. The Balaban J connectivity index is 2.15. The Kier molecular flexibility index (Phi) is 4.90. The molecular formula is C15H22ClN5O. The van der Waals surface area contributed by atoms with E-state index in [1.54, 1.807) is 17.1 Å². The van der Waals surface area contributed by atoms with Crippen LogP contribution in [-0.2, 0) is 13.1 Å². The molecule has 1 N–H and O–H groups in total. The highest BCUT2D eigenvalue weighted by Gasteiger charge is 2.28. The number of carbonyl (C=O) groups is 1. The average Bonchev–Trinajstić information content (AvgIpc) is 3.06. The summed E-state index contributed by atoms with van der Waals surface area (Å²) in [5.41, 5.74) is 0.139. The van der Waals surface area contributed by atoms with Gasteiger partial charge in [-0.1, -0.05) is 32.4 Å². The van der Waals surface area contributed by atoms with Crippen molar-refractivity contribution in [1.82, 2.24) is 24.9 Å². The maximum Gasteiger partial charge on any atom is 0.273 e. The molecule has 0 saturated heterocycles. The smallest absolute Gasteiger partial charge is 0.273 e. The minimum Gasteiger partial charge on any atom is -0.345 e. The van der Waals surface area contributed by atoms with Gasteiger partial charge in [-0.05, 0) is 18.4 Å². The second kappa shape index (κ2) is 6.52. The number of nitrogens with one attached hydrogen (secondary N) is 1. The van der Waals surface area contributed by atoms with Crippen molar-refractivity contribution in [2.24, 2.45) is 5.41 Å². The van der Waals surface area contributed by atoms with Crippen LogP contribution in [0.25, 0.3) is 0 Å². The summed E-state index contributed by atoms with van der Waals surface area (Å²) < 4.78 is 3.46. The molecule has 0 saturated carbocycles. The van der Waals surface area contributed by atoms with Gasteiger partial charge in [0.15, 0.2) is 5.69 Å². The van der Waals surface area contributed by atoms with Crippen LogP contribution in [0.15, 0.2) is 24.7 Å². The first-order valence-electron chi connectivity index (χ1n) is 7.32. The van der Waals surface area contributed by atoms with Crippen LogP contribution in [0.4, 0.5) is 0 Å². The molecule has 0 fully saturated rings. The van der Waals surface area contributed by atoms with Crippen LogP contribution in [0.2, 0.25) is 5.02 Å². The topological polar surface area (TPSA) is 64.7 Å². The number of rotatable bonds is 5. The van der Waals surface area contributed by atoms with E-state index < -0.39 is 0 Å². The minimum absolute atomic E-state index is 0.0947. The van der Waals surface area contributed by atoms with E-state index >= 15 is 0 Å². The average molecular weight is 324 g/mol. The van der Waals surface area contributed by atoms with Crippen LogP contribution < -0.4 is 5.32 Å². The van der Waals surface area contributed by atoms with Gasteiger partial charge in [0.05, 0.1) is 17.6 Å². The number of aryl methyl sites for hydroxylation is 1. The van der Waals surface area contributed by atoms with E-state index in [-0.39, 0.29) is 23.1 Å². The van der Waals surface area contributed by atoms with Gasteiger partial charge in [-0.15, -0.1) is 0 Å². The summed E-state index contributed by atoms with van der Waals surface area (Å²) in [6, 6.07) is 1.77. The molecule has 0 radical (unpaired) electrons. The first kappa shape index (κ1) is 16.5. The highest BCUT2D eigenvalue weighted by molar-refractivity contribution is 6.33. The lowest BCUT2D eigenvalue weighted by Gasteiger charge is -2.31. The number of aromatic nitrogens is 4. The van der Waals surface area contributed by atoms with Gasteiger partial charge >= 0.3 is 0 Å². The first-order valence-corrected chi connectivity index (χ1v) is 7.70. The van der Waals surface area contributed by atoms with Crippen molar-refractivity contribution < 1.29 is 4.79 Å². The zero-order valence-corrected chi connectivity index (χ0v) is 14.1. The Hall–Kier alpha value is -1.82. The fourth-order valence-electron chi connectivity index (χ4n) is 2.07. The third-order valence-electron chi connectivity index (χ3n) is 3.54. The predicted molar refractivity (Wildman–Crippen MR) is 85.8 cm³/mol. The summed E-state index contributed by atoms with van der Waals surface area (Å²) in [7, 11) is 0. The second-order valence-corrected chi connectivity index (χ2v) is 6.71. The summed E-state index contributed by atoms with van der Waals surface area (Å²) in [4.78, 5) is 12.5. The van der Waals surface area contributed by atoms with Crippen molar-refractivity contribution in [2.45, 2.75) is 46.8 Å². The van der Waals surface area contributed by atoms with E-state index in [0.29, 0.717) is 18.1 Å². The van der Waals surface area contributed by atoms with Crippen LogP contribution in [0.3, 0.4) is 0 Å². The van der Waals surface area contributed by atoms with Gasteiger partial charge in [0, 0.05) is 25.1 Å². The molecule has 2 rings (SSSR count). The molecule has 1 atom stereocenters. The van der Waals surface area contributed by atoms with Crippen LogP contribution in [0, 0.1) is 5.41 Å². The van der Waals surface area contributed by atoms with E-state index in [1.807, 2.05) is 23.9 Å². The monoisotopic (exact) mass is 323 g/mol. The molecule has 0 aromatic carbocycles. The molecule has 1 amide bonds. The van der Waals surface area contributed by atoms with Gasteiger partial charge in [0.2, 0.25) is 0 Å². The summed E-state index contributed by atoms with van der Waals surface area (Å²) in [6.07, 6.45) is 5.26. The molecule has 0 unspecified atom stereocenters. The highest BCUT2D eigenvalue weighted by atomic mass is 35.5. The van der Waals surface area contributed by atoms with Gasteiger partial charge in [0.25, 0.3) is 5.91 Å². The van der Waals surface area contributed by atoms with E-state index in [2.05, 4.69) is 36.3 Å². The summed E-state index contributed by atoms with van der Waals surface area (Å²) >= 11 is 6.10. The van der Waals surface area contributed by atoms with E-state index in [4.69, 9.17) is 11.6 Å². The quantitative estimate of drug-likeness (QED) is 0.919. The van der Waals surface area contributed by atoms with Crippen LogP contribution in [-0.4, -0.2) is 31.5 Å². The summed E-state index contributed by atoms with van der Waals surface area (Å²) in [5, 5.41) is 11.8. The van der Waals surface area contributed by atoms with Crippen LogP contribution >= 0.6 is 11.6 Å². The lowest BCUT2D eigenvalue weighted by molar-refractivity contribution is 0.0884. The molecule has 22 heavy (non-hydrogen) atoms. The first-order chi connectivity index (χ1) is 10.3. The largest absolute Gasteiger partial charge is 0.345 e. The SMILES string of the molecule is CCn1cc(Cl)c(C(=O)N[C@@H](Cn2cccn2)C(C)(C)C)n1. The van der Waals surface area contributed by atoms with Crippen LogP contribution in [0.1, 0.15) is 38.2 Å². The lowest BCUT2D eigenvalue weighted by atomic mass is 9.86. The maximum atomic E-state index is 12.5. The molecule has 0 aliphatic carbocycles. The molecular weight excluding hydrogens is 302 g/mol. The molecule has 120 valence electrons. The predicted octanol–water partition coefficient (Wildman–Crippen LogP) is 2.60. The van der Waals surface area contributed by atoms with Crippen molar-refractivity contribution in [3.63, 3.8) is 0 Å². The second-order valence-electron chi connectivity index (χ2n) is 6.30. The van der Waals surface area contributed by atoms with Gasteiger partial charge < -0.3 is 5.32 Å². The summed E-state index contributed by atoms with van der Waals surface area (Å²) in [6.45, 7) is 9.44. The van der Waals surface area contributed by atoms with E-state index in [9.17, 15) is 4.79 Å². The molecule has 0 aliphatic rings. The Morgan fingerprint density at radius 2 is 2.14 bits per heavy atom. The molecule has 2 aromatic heterocycles. The van der Waals surface area contributed by atoms with Crippen molar-refractivity contribution in [1.29, 1.82) is 0 Å². The standard InChI is InChI=1S/C15H22ClN5O/c1-5-20-9-11(16)13(19-20)14(22)18-12(15(2,3)4)10-21-8-6-7-17-21/h6-9,12H,5,10H2,1-4H3,(H,18,22)/t12-/m0/s1. The van der Waals surface area contributed by atoms with Gasteiger partial charge in [-0.2, -0.15) is 10.2 Å². The molecule has 6 nitrogen and oxygen atoms in total. The lowest BCUT2D eigenvalue weighted by Crippen LogP contribution is -2.46. The van der Waals surface area contributed by atoms with E-state index in [0.717, 1.165) is 0 Å². The molecule has 2 heterocycles. The number of nitrogens with zero attached hydrogens (tertiary/aromatic N) is 4. The number of hydrogen-bond acceptors (Lipinski definition) is 3. The van der Waals surface area contributed by atoms with Crippen molar-refractivity contribution >= 4 is 17.5 Å². The van der Waals surface area contributed by atoms with Crippen LogP contribution in [0.5, 0.6) is 0 Å². The molecule has 0 spiro atoms. The zero-order valence-electron chi connectivity index (χ0n) is 13.4. The fourth-order valence-corrected chi connectivity index (χ4v) is 2.31. The van der Waals surface area contributed by atoms with Crippen molar-refractivity contribution in [3.05, 3.63) is 35.4 Å².